The molecular weight excluding hydrogens is 158 g/mol. The molecule has 1 atom stereocenters. The number of ether oxygens (including phenoxy) is 1. The highest BCUT2D eigenvalue weighted by Gasteiger charge is 2.17. The SMILES string of the molecule is COCC(C)CNC1CSC1. The van der Waals surface area contributed by atoms with Crippen LogP contribution in [0.5, 0.6) is 0 Å². The van der Waals surface area contributed by atoms with Crippen molar-refractivity contribution < 1.29 is 4.74 Å². The quantitative estimate of drug-likeness (QED) is 0.673. The van der Waals surface area contributed by atoms with Gasteiger partial charge in [-0.15, -0.1) is 0 Å². The molecule has 2 nitrogen and oxygen atoms in total. The molecule has 0 radical (unpaired) electrons. The van der Waals surface area contributed by atoms with Gasteiger partial charge in [0, 0.05) is 37.8 Å². The minimum absolute atomic E-state index is 0.644. The lowest BCUT2D eigenvalue weighted by molar-refractivity contribution is 0.157. The molecule has 0 aliphatic carbocycles. The molecule has 66 valence electrons. The Morgan fingerprint density at radius 1 is 1.64 bits per heavy atom. The smallest absolute Gasteiger partial charge is 0.0499 e. The molecule has 1 saturated heterocycles. The van der Waals surface area contributed by atoms with Gasteiger partial charge in [0.1, 0.15) is 0 Å². The van der Waals surface area contributed by atoms with Gasteiger partial charge in [0.25, 0.3) is 0 Å². The lowest BCUT2D eigenvalue weighted by Gasteiger charge is -2.27. The van der Waals surface area contributed by atoms with Crippen molar-refractivity contribution in [3.63, 3.8) is 0 Å². The first kappa shape index (κ1) is 9.36. The fourth-order valence-corrected chi connectivity index (χ4v) is 1.77. The van der Waals surface area contributed by atoms with Crippen molar-refractivity contribution in [2.45, 2.75) is 13.0 Å². The maximum Gasteiger partial charge on any atom is 0.0499 e. The van der Waals surface area contributed by atoms with E-state index in [1.54, 1.807) is 7.11 Å². The zero-order valence-corrected chi connectivity index (χ0v) is 8.12. The van der Waals surface area contributed by atoms with Gasteiger partial charge in [0.15, 0.2) is 0 Å². The Balaban J connectivity index is 1.92. The van der Waals surface area contributed by atoms with Gasteiger partial charge in [0.2, 0.25) is 0 Å². The summed E-state index contributed by atoms with van der Waals surface area (Å²) in [6.45, 7) is 4.17. The van der Waals surface area contributed by atoms with E-state index in [2.05, 4.69) is 12.2 Å². The van der Waals surface area contributed by atoms with Crippen LogP contribution in [0.1, 0.15) is 6.92 Å². The fraction of sp³-hybridized carbons (Fsp3) is 1.00. The summed E-state index contributed by atoms with van der Waals surface area (Å²) in [5.41, 5.74) is 0. The molecule has 3 heteroatoms. The van der Waals surface area contributed by atoms with Crippen LogP contribution in [-0.4, -0.2) is 37.8 Å². The molecule has 0 aromatic heterocycles. The molecular formula is C8H17NOS. The number of hydrogen-bond acceptors (Lipinski definition) is 3. The molecule has 0 amide bonds. The van der Waals surface area contributed by atoms with Crippen molar-refractivity contribution >= 4 is 11.8 Å². The van der Waals surface area contributed by atoms with Crippen LogP contribution in [0.4, 0.5) is 0 Å². The first-order valence-electron chi connectivity index (χ1n) is 4.13. The molecule has 1 aliphatic rings. The van der Waals surface area contributed by atoms with Gasteiger partial charge in [-0.3, -0.25) is 0 Å². The van der Waals surface area contributed by atoms with E-state index in [0.29, 0.717) is 5.92 Å². The lowest BCUT2D eigenvalue weighted by Crippen LogP contribution is -2.42. The molecule has 0 spiro atoms. The van der Waals surface area contributed by atoms with Crippen molar-refractivity contribution in [2.75, 3.05) is 31.8 Å². The van der Waals surface area contributed by atoms with Crippen LogP contribution in [0.25, 0.3) is 0 Å². The summed E-state index contributed by atoms with van der Waals surface area (Å²) in [5, 5.41) is 3.50. The topological polar surface area (TPSA) is 21.3 Å². The molecule has 0 aromatic carbocycles. The van der Waals surface area contributed by atoms with Crippen molar-refractivity contribution in [1.82, 2.24) is 5.32 Å². The van der Waals surface area contributed by atoms with Crippen LogP contribution in [0.2, 0.25) is 0 Å². The predicted molar refractivity (Wildman–Crippen MR) is 50.2 cm³/mol. The maximum atomic E-state index is 5.04. The Morgan fingerprint density at radius 3 is 2.82 bits per heavy atom. The number of methoxy groups -OCH3 is 1. The molecule has 0 saturated carbocycles. The van der Waals surface area contributed by atoms with Gasteiger partial charge in [0.05, 0.1) is 0 Å². The van der Waals surface area contributed by atoms with E-state index in [4.69, 9.17) is 4.74 Å². The maximum absolute atomic E-state index is 5.04. The van der Waals surface area contributed by atoms with Crippen LogP contribution in [0.15, 0.2) is 0 Å². The third-order valence-electron chi connectivity index (χ3n) is 1.84. The highest BCUT2D eigenvalue weighted by atomic mass is 32.2. The standard InChI is InChI=1S/C8H17NOS/c1-7(4-10-2)3-9-8-5-11-6-8/h7-9H,3-6H2,1-2H3. The van der Waals surface area contributed by atoms with Crippen LogP contribution < -0.4 is 5.32 Å². The molecule has 0 aromatic rings. The molecule has 1 aliphatic heterocycles. The minimum Gasteiger partial charge on any atom is -0.384 e. The molecule has 1 rings (SSSR count). The average Bonchev–Trinajstić information content (AvgIpc) is 1.85. The van der Waals surface area contributed by atoms with E-state index in [0.717, 1.165) is 19.2 Å². The van der Waals surface area contributed by atoms with Gasteiger partial charge in [-0.25, -0.2) is 0 Å². The summed E-state index contributed by atoms with van der Waals surface area (Å²) >= 11 is 2.02. The normalized spacial score (nSPS) is 21.3. The van der Waals surface area contributed by atoms with Gasteiger partial charge >= 0.3 is 0 Å². The Hall–Kier alpha value is 0.270. The molecule has 1 N–H and O–H groups in total. The van der Waals surface area contributed by atoms with Gasteiger partial charge in [-0.05, 0) is 5.92 Å². The lowest BCUT2D eigenvalue weighted by atomic mass is 10.2. The van der Waals surface area contributed by atoms with E-state index >= 15 is 0 Å². The Labute approximate surface area is 73.1 Å². The van der Waals surface area contributed by atoms with Gasteiger partial charge in [-0.1, -0.05) is 6.92 Å². The Kier molecular flexibility index (Phi) is 4.26. The zero-order chi connectivity index (χ0) is 8.10. The highest BCUT2D eigenvalue weighted by molar-refractivity contribution is 8.00. The molecule has 1 unspecified atom stereocenters. The minimum atomic E-state index is 0.644. The monoisotopic (exact) mass is 175 g/mol. The zero-order valence-electron chi connectivity index (χ0n) is 7.30. The summed E-state index contributed by atoms with van der Waals surface area (Å²) in [6.07, 6.45) is 0. The van der Waals surface area contributed by atoms with Crippen LogP contribution >= 0.6 is 11.8 Å². The highest BCUT2D eigenvalue weighted by Crippen LogP contribution is 2.17. The third-order valence-corrected chi connectivity index (χ3v) is 3.12. The van der Waals surface area contributed by atoms with E-state index in [9.17, 15) is 0 Å². The molecule has 1 heterocycles. The van der Waals surface area contributed by atoms with Crippen molar-refractivity contribution in [3.05, 3.63) is 0 Å². The second kappa shape index (κ2) is 5.01. The van der Waals surface area contributed by atoms with Crippen LogP contribution in [-0.2, 0) is 4.74 Å². The van der Waals surface area contributed by atoms with E-state index in [-0.39, 0.29) is 0 Å². The van der Waals surface area contributed by atoms with E-state index < -0.39 is 0 Å². The van der Waals surface area contributed by atoms with Gasteiger partial charge in [-0.2, -0.15) is 11.8 Å². The van der Waals surface area contributed by atoms with Crippen molar-refractivity contribution in [1.29, 1.82) is 0 Å². The number of nitrogens with one attached hydrogen (secondary N) is 1. The largest absolute Gasteiger partial charge is 0.384 e. The Bertz CT molecular complexity index is 106. The van der Waals surface area contributed by atoms with Gasteiger partial charge < -0.3 is 10.1 Å². The summed E-state index contributed by atoms with van der Waals surface area (Å²) in [6, 6.07) is 0.777. The van der Waals surface area contributed by atoms with Crippen LogP contribution in [0, 0.1) is 5.92 Å². The van der Waals surface area contributed by atoms with Crippen molar-refractivity contribution in [3.8, 4) is 0 Å². The molecule has 11 heavy (non-hydrogen) atoms. The number of thioether (sulfide) groups is 1. The molecule has 0 bridgehead atoms. The second-order valence-electron chi connectivity index (χ2n) is 3.20. The number of rotatable bonds is 5. The summed E-state index contributed by atoms with van der Waals surface area (Å²) in [4.78, 5) is 0. The summed E-state index contributed by atoms with van der Waals surface area (Å²) < 4.78 is 5.04. The third kappa shape index (κ3) is 3.45. The molecule has 1 fully saturated rings. The first-order valence-corrected chi connectivity index (χ1v) is 5.28. The fourth-order valence-electron chi connectivity index (χ4n) is 1.06. The summed E-state index contributed by atoms with van der Waals surface area (Å²) in [7, 11) is 1.76. The van der Waals surface area contributed by atoms with E-state index in [1.807, 2.05) is 11.8 Å². The number of hydrogen-bond donors (Lipinski definition) is 1. The first-order chi connectivity index (χ1) is 5.33. The Morgan fingerprint density at radius 2 is 2.36 bits per heavy atom. The predicted octanol–water partition coefficient (Wildman–Crippen LogP) is 0.974. The van der Waals surface area contributed by atoms with Crippen molar-refractivity contribution in [2.24, 2.45) is 5.92 Å². The second-order valence-corrected chi connectivity index (χ2v) is 4.28. The van der Waals surface area contributed by atoms with Crippen LogP contribution in [0.3, 0.4) is 0 Å². The average molecular weight is 175 g/mol. The van der Waals surface area contributed by atoms with E-state index in [1.165, 1.54) is 11.5 Å². The summed E-state index contributed by atoms with van der Waals surface area (Å²) in [5.74, 6) is 3.23.